The maximum absolute atomic E-state index is 13.9. The van der Waals surface area contributed by atoms with Crippen molar-refractivity contribution < 1.29 is 9.13 Å². The number of hydrogen-bond acceptors (Lipinski definition) is 2. The lowest BCUT2D eigenvalue weighted by molar-refractivity contribution is 0.439. The van der Waals surface area contributed by atoms with Crippen molar-refractivity contribution in [2.45, 2.75) is 39.3 Å². The first-order valence-electron chi connectivity index (χ1n) is 7.39. The van der Waals surface area contributed by atoms with E-state index in [1.165, 1.54) is 18.4 Å². The Bertz CT molecular complexity index is 650. The zero-order chi connectivity index (χ0) is 14.8. The van der Waals surface area contributed by atoms with Crippen molar-refractivity contribution in [2.24, 2.45) is 0 Å². The van der Waals surface area contributed by atoms with Crippen LogP contribution in [0.1, 0.15) is 29.5 Å². The molecule has 0 atom stereocenters. The van der Waals surface area contributed by atoms with E-state index in [-0.39, 0.29) is 11.6 Å². The molecule has 0 aromatic heterocycles. The normalized spacial score (nSPS) is 14.2. The molecule has 0 amide bonds. The van der Waals surface area contributed by atoms with Crippen LogP contribution in [-0.4, -0.2) is 6.04 Å². The molecule has 2 aromatic carbocycles. The smallest absolute Gasteiger partial charge is 0.168 e. The molecule has 21 heavy (non-hydrogen) atoms. The second kappa shape index (κ2) is 5.86. The van der Waals surface area contributed by atoms with Crippen molar-refractivity contribution in [3.63, 3.8) is 0 Å². The van der Waals surface area contributed by atoms with Crippen LogP contribution in [0.4, 0.5) is 4.39 Å². The first kappa shape index (κ1) is 14.1. The van der Waals surface area contributed by atoms with E-state index in [0.29, 0.717) is 17.4 Å². The van der Waals surface area contributed by atoms with Gasteiger partial charge < -0.3 is 10.1 Å². The number of nitrogens with one attached hydrogen (secondary N) is 1. The van der Waals surface area contributed by atoms with Gasteiger partial charge in [0.05, 0.1) is 0 Å². The Labute approximate surface area is 125 Å². The third-order valence-corrected chi connectivity index (χ3v) is 3.86. The molecule has 0 aliphatic heterocycles. The summed E-state index contributed by atoms with van der Waals surface area (Å²) in [4.78, 5) is 0. The van der Waals surface area contributed by atoms with E-state index in [2.05, 4.69) is 12.2 Å². The summed E-state index contributed by atoms with van der Waals surface area (Å²) >= 11 is 0. The molecule has 0 bridgehead atoms. The van der Waals surface area contributed by atoms with Crippen LogP contribution in [0.2, 0.25) is 0 Å². The molecule has 110 valence electrons. The van der Waals surface area contributed by atoms with Gasteiger partial charge in [0.1, 0.15) is 5.75 Å². The summed E-state index contributed by atoms with van der Waals surface area (Å²) < 4.78 is 19.6. The van der Waals surface area contributed by atoms with Gasteiger partial charge in [-0.1, -0.05) is 18.2 Å². The summed E-state index contributed by atoms with van der Waals surface area (Å²) in [7, 11) is 0. The van der Waals surface area contributed by atoms with Crippen LogP contribution in [0.5, 0.6) is 11.5 Å². The molecule has 3 rings (SSSR count). The third-order valence-electron chi connectivity index (χ3n) is 3.86. The zero-order valence-electron chi connectivity index (χ0n) is 12.4. The van der Waals surface area contributed by atoms with Gasteiger partial charge in [-0.2, -0.15) is 0 Å². The van der Waals surface area contributed by atoms with Gasteiger partial charge in [0.2, 0.25) is 0 Å². The van der Waals surface area contributed by atoms with E-state index in [1.807, 2.05) is 18.2 Å². The average molecular weight is 285 g/mol. The number of rotatable bonds is 5. The molecule has 0 radical (unpaired) electrons. The topological polar surface area (TPSA) is 21.3 Å². The second-order valence-electron chi connectivity index (χ2n) is 5.73. The molecule has 2 nitrogen and oxygen atoms in total. The highest BCUT2D eigenvalue weighted by Gasteiger charge is 2.20. The second-order valence-corrected chi connectivity index (χ2v) is 5.73. The Morgan fingerprint density at radius 2 is 1.95 bits per heavy atom. The van der Waals surface area contributed by atoms with Crippen LogP contribution >= 0.6 is 0 Å². The van der Waals surface area contributed by atoms with E-state index in [1.54, 1.807) is 25.1 Å². The minimum Gasteiger partial charge on any atom is -0.454 e. The predicted octanol–water partition coefficient (Wildman–Crippen LogP) is 4.49. The van der Waals surface area contributed by atoms with Crippen molar-refractivity contribution in [3.05, 3.63) is 58.9 Å². The van der Waals surface area contributed by atoms with E-state index in [4.69, 9.17) is 4.74 Å². The van der Waals surface area contributed by atoms with Gasteiger partial charge in [-0.05, 0) is 61.6 Å². The van der Waals surface area contributed by atoms with Crippen molar-refractivity contribution in [1.29, 1.82) is 0 Å². The molecule has 1 aliphatic carbocycles. The van der Waals surface area contributed by atoms with Gasteiger partial charge in [-0.25, -0.2) is 4.39 Å². The Morgan fingerprint density at radius 3 is 2.67 bits per heavy atom. The number of halogens is 1. The Kier molecular flexibility index (Phi) is 3.93. The van der Waals surface area contributed by atoms with Crippen molar-refractivity contribution in [3.8, 4) is 11.5 Å². The van der Waals surface area contributed by atoms with Gasteiger partial charge in [0.25, 0.3) is 0 Å². The number of aryl methyl sites for hydroxylation is 2. The quantitative estimate of drug-likeness (QED) is 0.874. The maximum Gasteiger partial charge on any atom is 0.168 e. The van der Waals surface area contributed by atoms with Crippen LogP contribution in [0.25, 0.3) is 0 Å². The van der Waals surface area contributed by atoms with Gasteiger partial charge in [0.15, 0.2) is 11.6 Å². The fourth-order valence-electron chi connectivity index (χ4n) is 2.30. The summed E-state index contributed by atoms with van der Waals surface area (Å²) in [6.45, 7) is 4.68. The molecular weight excluding hydrogens is 265 g/mol. The summed E-state index contributed by atoms with van der Waals surface area (Å²) in [5.74, 6) is 0.653. The largest absolute Gasteiger partial charge is 0.454 e. The molecular formula is C18H20FNO. The predicted molar refractivity (Wildman–Crippen MR) is 82.3 cm³/mol. The molecule has 1 aliphatic rings. The van der Waals surface area contributed by atoms with E-state index in [9.17, 15) is 4.39 Å². The summed E-state index contributed by atoms with van der Waals surface area (Å²) in [5, 5.41) is 3.50. The van der Waals surface area contributed by atoms with Crippen molar-refractivity contribution in [1.82, 2.24) is 5.32 Å². The molecule has 0 spiro atoms. The highest BCUT2D eigenvalue weighted by molar-refractivity contribution is 5.39. The maximum atomic E-state index is 13.9. The molecule has 1 fully saturated rings. The van der Waals surface area contributed by atoms with Crippen molar-refractivity contribution in [2.75, 3.05) is 0 Å². The fraction of sp³-hybridized carbons (Fsp3) is 0.333. The van der Waals surface area contributed by atoms with Crippen LogP contribution < -0.4 is 10.1 Å². The molecule has 0 heterocycles. The van der Waals surface area contributed by atoms with Crippen LogP contribution in [0, 0.1) is 19.7 Å². The van der Waals surface area contributed by atoms with Crippen LogP contribution in [0.3, 0.4) is 0 Å². The van der Waals surface area contributed by atoms with Crippen LogP contribution in [-0.2, 0) is 6.54 Å². The lowest BCUT2D eigenvalue weighted by Gasteiger charge is -2.11. The SMILES string of the molecule is Cc1cc(Oc2cccc(C)c2F)ccc1CNC1CC1. The summed E-state index contributed by atoms with van der Waals surface area (Å²) in [6, 6.07) is 11.8. The Morgan fingerprint density at radius 1 is 1.14 bits per heavy atom. The fourth-order valence-corrected chi connectivity index (χ4v) is 2.30. The molecule has 0 unspecified atom stereocenters. The minimum absolute atomic E-state index is 0.276. The van der Waals surface area contributed by atoms with Gasteiger partial charge >= 0.3 is 0 Å². The zero-order valence-corrected chi connectivity index (χ0v) is 12.4. The molecule has 0 saturated heterocycles. The Hall–Kier alpha value is -1.87. The highest BCUT2D eigenvalue weighted by atomic mass is 19.1. The summed E-state index contributed by atoms with van der Waals surface area (Å²) in [6.07, 6.45) is 2.57. The monoisotopic (exact) mass is 285 g/mol. The molecule has 2 aromatic rings. The first-order chi connectivity index (χ1) is 10.1. The number of benzene rings is 2. The Balaban J connectivity index is 1.73. The minimum atomic E-state index is -0.297. The first-order valence-corrected chi connectivity index (χ1v) is 7.39. The molecule has 1 saturated carbocycles. The lowest BCUT2D eigenvalue weighted by atomic mass is 10.1. The van der Waals surface area contributed by atoms with Gasteiger partial charge in [-0.15, -0.1) is 0 Å². The number of ether oxygens (including phenoxy) is 1. The molecule has 3 heteroatoms. The van der Waals surface area contributed by atoms with Gasteiger partial charge in [-0.3, -0.25) is 0 Å². The van der Waals surface area contributed by atoms with E-state index < -0.39 is 0 Å². The highest BCUT2D eigenvalue weighted by Crippen LogP contribution is 2.28. The van der Waals surface area contributed by atoms with Crippen LogP contribution in [0.15, 0.2) is 36.4 Å². The molecule has 1 N–H and O–H groups in total. The average Bonchev–Trinajstić information content (AvgIpc) is 3.27. The van der Waals surface area contributed by atoms with E-state index >= 15 is 0 Å². The number of hydrogen-bond donors (Lipinski definition) is 1. The van der Waals surface area contributed by atoms with Gasteiger partial charge in [0, 0.05) is 12.6 Å². The summed E-state index contributed by atoms with van der Waals surface area (Å²) in [5.41, 5.74) is 3.02. The standard InChI is InChI=1S/C18H20FNO/c1-12-4-3-5-17(18(12)19)21-16-9-6-14(13(2)10-16)11-20-15-7-8-15/h3-6,9-10,15,20H,7-8,11H2,1-2H3. The van der Waals surface area contributed by atoms with E-state index in [0.717, 1.165) is 12.1 Å². The lowest BCUT2D eigenvalue weighted by Crippen LogP contribution is -2.15. The van der Waals surface area contributed by atoms with Crippen molar-refractivity contribution >= 4 is 0 Å². The third kappa shape index (κ3) is 3.42.